The van der Waals surface area contributed by atoms with Gasteiger partial charge in [0.15, 0.2) is 0 Å². The molecule has 2 aliphatic heterocycles. The fourth-order valence-electron chi connectivity index (χ4n) is 2.78. The van der Waals surface area contributed by atoms with Crippen molar-refractivity contribution in [3.63, 3.8) is 0 Å². The van der Waals surface area contributed by atoms with Crippen molar-refractivity contribution >= 4 is 11.9 Å². The summed E-state index contributed by atoms with van der Waals surface area (Å²) in [6.07, 6.45) is 4.80. The number of likely N-dealkylation sites (tertiary alicyclic amines) is 1. The van der Waals surface area contributed by atoms with Crippen molar-refractivity contribution in [3.05, 3.63) is 0 Å². The number of carboxylic acids is 1. The van der Waals surface area contributed by atoms with Crippen LogP contribution in [0.1, 0.15) is 38.5 Å². The SMILES string of the molecule is O=C(O)[C@@H]1CCCCN1C(=O)CCOC[C@@H]1CCCO1. The third-order valence-corrected chi connectivity index (χ3v) is 3.90. The molecule has 2 aliphatic rings. The van der Waals surface area contributed by atoms with Crippen LogP contribution < -0.4 is 0 Å². The van der Waals surface area contributed by atoms with Crippen LogP contribution in [0, 0.1) is 0 Å². The van der Waals surface area contributed by atoms with Crippen molar-refractivity contribution in [2.75, 3.05) is 26.4 Å². The van der Waals surface area contributed by atoms with Crippen molar-refractivity contribution in [3.8, 4) is 0 Å². The summed E-state index contributed by atoms with van der Waals surface area (Å²) < 4.78 is 10.9. The van der Waals surface area contributed by atoms with Crippen LogP contribution in [0.4, 0.5) is 0 Å². The summed E-state index contributed by atoms with van der Waals surface area (Å²) >= 11 is 0. The van der Waals surface area contributed by atoms with Gasteiger partial charge in [-0.25, -0.2) is 4.79 Å². The first-order valence-electron chi connectivity index (χ1n) is 7.40. The number of nitrogens with zero attached hydrogens (tertiary/aromatic N) is 1. The Balaban J connectivity index is 1.68. The molecule has 2 saturated heterocycles. The van der Waals surface area contributed by atoms with Gasteiger partial charge in [0.05, 0.1) is 25.7 Å². The molecule has 2 atom stereocenters. The number of carbonyl (C=O) groups excluding carboxylic acids is 1. The van der Waals surface area contributed by atoms with Gasteiger partial charge in [0.2, 0.25) is 5.91 Å². The first-order valence-corrected chi connectivity index (χ1v) is 7.40. The van der Waals surface area contributed by atoms with Gasteiger partial charge in [-0.15, -0.1) is 0 Å². The topological polar surface area (TPSA) is 76.1 Å². The largest absolute Gasteiger partial charge is 0.480 e. The van der Waals surface area contributed by atoms with E-state index in [-0.39, 0.29) is 18.4 Å². The van der Waals surface area contributed by atoms with E-state index in [1.165, 1.54) is 4.90 Å². The smallest absolute Gasteiger partial charge is 0.326 e. The number of amides is 1. The van der Waals surface area contributed by atoms with Crippen molar-refractivity contribution in [1.82, 2.24) is 4.90 Å². The Kier molecular flexibility index (Phi) is 5.79. The third kappa shape index (κ3) is 4.18. The van der Waals surface area contributed by atoms with Crippen LogP contribution in [0.3, 0.4) is 0 Å². The molecule has 1 amide bonds. The Morgan fingerprint density at radius 3 is 2.80 bits per heavy atom. The second-order valence-corrected chi connectivity index (χ2v) is 5.40. The second-order valence-electron chi connectivity index (χ2n) is 5.40. The summed E-state index contributed by atoms with van der Waals surface area (Å²) in [4.78, 5) is 24.7. The van der Waals surface area contributed by atoms with Crippen molar-refractivity contribution in [2.45, 2.75) is 50.7 Å². The highest BCUT2D eigenvalue weighted by Crippen LogP contribution is 2.18. The summed E-state index contributed by atoms with van der Waals surface area (Å²) in [6.45, 7) is 2.19. The predicted molar refractivity (Wildman–Crippen MR) is 71.4 cm³/mol. The minimum atomic E-state index is -0.904. The molecule has 2 rings (SSSR count). The van der Waals surface area contributed by atoms with Gasteiger partial charge in [-0.3, -0.25) is 4.79 Å². The standard InChI is InChI=1S/C14H23NO5/c16-13(6-9-19-10-11-4-3-8-20-11)15-7-2-1-5-12(15)14(17)18/h11-12H,1-10H2,(H,17,18)/t11-,12-/m0/s1. The highest BCUT2D eigenvalue weighted by molar-refractivity contribution is 5.83. The van der Waals surface area contributed by atoms with E-state index >= 15 is 0 Å². The molecule has 6 nitrogen and oxygen atoms in total. The van der Waals surface area contributed by atoms with Gasteiger partial charge in [-0.05, 0) is 32.1 Å². The number of aliphatic carboxylic acids is 1. The maximum absolute atomic E-state index is 12.1. The van der Waals surface area contributed by atoms with Crippen LogP contribution in [0.25, 0.3) is 0 Å². The highest BCUT2D eigenvalue weighted by Gasteiger charge is 2.31. The zero-order valence-corrected chi connectivity index (χ0v) is 11.8. The van der Waals surface area contributed by atoms with E-state index in [1.807, 2.05) is 0 Å². The second kappa shape index (κ2) is 7.59. The van der Waals surface area contributed by atoms with Crippen molar-refractivity contribution in [1.29, 1.82) is 0 Å². The van der Waals surface area contributed by atoms with E-state index in [0.29, 0.717) is 26.2 Å². The minimum Gasteiger partial charge on any atom is -0.480 e. The molecule has 0 aromatic carbocycles. The van der Waals surface area contributed by atoms with Crippen molar-refractivity contribution in [2.24, 2.45) is 0 Å². The molecule has 0 saturated carbocycles. The molecule has 114 valence electrons. The zero-order chi connectivity index (χ0) is 14.4. The molecule has 0 unspecified atom stereocenters. The fourth-order valence-corrected chi connectivity index (χ4v) is 2.78. The Labute approximate surface area is 119 Å². The lowest BCUT2D eigenvalue weighted by Gasteiger charge is -2.33. The Morgan fingerprint density at radius 1 is 1.25 bits per heavy atom. The quantitative estimate of drug-likeness (QED) is 0.738. The first kappa shape index (κ1) is 15.3. The van der Waals surface area contributed by atoms with E-state index in [2.05, 4.69) is 0 Å². The van der Waals surface area contributed by atoms with Gasteiger partial charge in [0.1, 0.15) is 6.04 Å². The van der Waals surface area contributed by atoms with Crippen LogP contribution in [0.2, 0.25) is 0 Å². The molecule has 0 aromatic rings. The lowest BCUT2D eigenvalue weighted by molar-refractivity contribution is -0.152. The monoisotopic (exact) mass is 285 g/mol. The number of carbonyl (C=O) groups is 2. The van der Waals surface area contributed by atoms with Crippen LogP contribution in [0.5, 0.6) is 0 Å². The van der Waals surface area contributed by atoms with Gasteiger partial charge in [0.25, 0.3) is 0 Å². The van der Waals surface area contributed by atoms with Crippen LogP contribution in [-0.2, 0) is 19.1 Å². The third-order valence-electron chi connectivity index (χ3n) is 3.90. The zero-order valence-electron chi connectivity index (χ0n) is 11.8. The summed E-state index contributed by atoms with van der Waals surface area (Å²) in [5.41, 5.74) is 0. The number of ether oxygens (including phenoxy) is 2. The van der Waals surface area contributed by atoms with Crippen LogP contribution >= 0.6 is 0 Å². The first-order chi connectivity index (χ1) is 9.68. The molecule has 0 aromatic heterocycles. The maximum atomic E-state index is 12.1. The average molecular weight is 285 g/mol. The van der Waals surface area contributed by atoms with Crippen LogP contribution in [0.15, 0.2) is 0 Å². The van der Waals surface area contributed by atoms with Crippen molar-refractivity contribution < 1.29 is 24.2 Å². The molecule has 0 bridgehead atoms. The van der Waals surface area contributed by atoms with Gasteiger partial charge < -0.3 is 19.5 Å². The lowest BCUT2D eigenvalue weighted by Crippen LogP contribution is -2.48. The van der Waals surface area contributed by atoms with E-state index in [1.54, 1.807) is 0 Å². The number of rotatable bonds is 6. The molecular weight excluding hydrogens is 262 g/mol. The molecule has 0 radical (unpaired) electrons. The average Bonchev–Trinajstić information content (AvgIpc) is 2.96. The van der Waals surface area contributed by atoms with E-state index in [4.69, 9.17) is 14.6 Å². The molecule has 2 fully saturated rings. The van der Waals surface area contributed by atoms with Crippen LogP contribution in [-0.4, -0.2) is 60.4 Å². The van der Waals surface area contributed by atoms with E-state index < -0.39 is 12.0 Å². The number of piperidine rings is 1. The molecule has 1 N–H and O–H groups in total. The summed E-state index contributed by atoms with van der Waals surface area (Å²) in [5, 5.41) is 9.13. The molecule has 0 spiro atoms. The highest BCUT2D eigenvalue weighted by atomic mass is 16.5. The molecule has 20 heavy (non-hydrogen) atoms. The summed E-state index contributed by atoms with van der Waals surface area (Å²) in [5.74, 6) is -1.03. The van der Waals surface area contributed by atoms with Gasteiger partial charge in [0, 0.05) is 13.2 Å². The van der Waals surface area contributed by atoms with Gasteiger partial charge >= 0.3 is 5.97 Å². The summed E-state index contributed by atoms with van der Waals surface area (Å²) in [7, 11) is 0. The van der Waals surface area contributed by atoms with E-state index in [9.17, 15) is 9.59 Å². The number of carboxylic acid groups (broad SMARTS) is 1. The lowest BCUT2D eigenvalue weighted by atomic mass is 10.0. The fraction of sp³-hybridized carbons (Fsp3) is 0.857. The molecule has 2 heterocycles. The van der Waals surface area contributed by atoms with E-state index in [0.717, 1.165) is 32.3 Å². The molecule has 0 aliphatic carbocycles. The Morgan fingerprint density at radius 2 is 2.10 bits per heavy atom. The molecular formula is C14H23NO5. The normalized spacial score (nSPS) is 26.7. The van der Waals surface area contributed by atoms with Gasteiger partial charge in [-0.2, -0.15) is 0 Å². The number of hydrogen-bond acceptors (Lipinski definition) is 4. The Bertz CT molecular complexity index is 340. The number of hydrogen-bond donors (Lipinski definition) is 1. The van der Waals surface area contributed by atoms with Gasteiger partial charge in [-0.1, -0.05) is 0 Å². The minimum absolute atomic E-state index is 0.121. The summed E-state index contributed by atoms with van der Waals surface area (Å²) in [6, 6.07) is -0.658. The predicted octanol–water partition coefficient (Wildman–Crippen LogP) is 1.04. The molecule has 6 heteroatoms. The maximum Gasteiger partial charge on any atom is 0.326 e. The Hall–Kier alpha value is -1.14.